The van der Waals surface area contributed by atoms with Crippen LogP contribution < -0.4 is 0 Å². The number of carbonyl (C=O) groups is 3. The lowest BCUT2D eigenvalue weighted by Gasteiger charge is -2.40. The van der Waals surface area contributed by atoms with Gasteiger partial charge < -0.3 is 23.7 Å². The number of esters is 3. The standard InChI is InChI=1S/C17H28O11S/c1-11(18)26-14-10-25-17(16(28-13(3)20)15(14)27-12(2)19)24-8-6-4-5-7-9-29(21,22)23/h14-17H,4-10H2,1-3H3,(H,21,22,23)/t14-,15+,16-,17?/m1/s1/i1D,2D,3D. The first-order chi connectivity index (χ1) is 15.1. The summed E-state index contributed by atoms with van der Waals surface area (Å²) in [7, 11) is -4.01. The molecular weight excluding hydrogens is 412 g/mol. The van der Waals surface area contributed by atoms with Crippen LogP contribution in [0.4, 0.5) is 0 Å². The number of hydrogen-bond donors (Lipinski definition) is 1. The minimum Gasteiger partial charge on any atom is -0.456 e. The molecule has 29 heavy (non-hydrogen) atoms. The van der Waals surface area contributed by atoms with Gasteiger partial charge in [0.2, 0.25) is 0 Å². The van der Waals surface area contributed by atoms with Gasteiger partial charge in [0.1, 0.15) is 0 Å². The molecule has 1 N–H and O–H groups in total. The Bertz CT molecular complexity index is 719. The second-order valence-corrected chi connectivity index (χ2v) is 7.78. The Hall–Kier alpha value is -1.76. The molecule has 11 nitrogen and oxygen atoms in total. The Labute approximate surface area is 173 Å². The summed E-state index contributed by atoms with van der Waals surface area (Å²) in [6.45, 7) is -2.39. The Morgan fingerprint density at radius 2 is 1.55 bits per heavy atom. The van der Waals surface area contributed by atoms with E-state index in [1.165, 1.54) is 0 Å². The summed E-state index contributed by atoms with van der Waals surface area (Å²) in [4.78, 5) is 35.0. The zero-order valence-electron chi connectivity index (χ0n) is 18.8. The first-order valence-corrected chi connectivity index (χ1v) is 10.4. The quantitative estimate of drug-likeness (QED) is 0.207. The van der Waals surface area contributed by atoms with Crippen molar-refractivity contribution in [3.05, 3.63) is 0 Å². The predicted octanol–water partition coefficient (Wildman–Crippen LogP) is 0.603. The van der Waals surface area contributed by atoms with Crippen molar-refractivity contribution in [3.8, 4) is 0 Å². The van der Waals surface area contributed by atoms with Crippen molar-refractivity contribution in [1.29, 1.82) is 0 Å². The van der Waals surface area contributed by atoms with Gasteiger partial charge in [-0.25, -0.2) is 0 Å². The van der Waals surface area contributed by atoms with Gasteiger partial charge in [0.25, 0.3) is 10.1 Å². The fourth-order valence-corrected chi connectivity index (χ4v) is 3.24. The molecule has 0 aliphatic carbocycles. The molecule has 1 aliphatic rings. The van der Waals surface area contributed by atoms with Gasteiger partial charge in [-0.3, -0.25) is 18.9 Å². The minimum atomic E-state index is -4.01. The van der Waals surface area contributed by atoms with Gasteiger partial charge in [-0.15, -0.1) is 0 Å². The molecule has 1 fully saturated rings. The first kappa shape index (κ1) is 20.5. The van der Waals surface area contributed by atoms with Crippen LogP contribution in [-0.4, -0.2) is 74.4 Å². The van der Waals surface area contributed by atoms with Gasteiger partial charge in [0, 0.05) is 31.4 Å². The summed E-state index contributed by atoms with van der Waals surface area (Å²) in [5.74, 6) is -3.22. The molecule has 1 unspecified atom stereocenters. The fourth-order valence-electron chi connectivity index (χ4n) is 2.67. The van der Waals surface area contributed by atoms with Gasteiger partial charge in [0.15, 0.2) is 24.6 Å². The lowest BCUT2D eigenvalue weighted by molar-refractivity contribution is -0.281. The Morgan fingerprint density at radius 1 is 0.966 bits per heavy atom. The van der Waals surface area contributed by atoms with E-state index in [2.05, 4.69) is 0 Å². The first-order valence-electron chi connectivity index (χ1n) is 10.9. The lowest BCUT2D eigenvalue weighted by atomic mass is 10.0. The number of ether oxygens (including phenoxy) is 5. The molecule has 168 valence electrons. The van der Waals surface area contributed by atoms with Gasteiger partial charge in [-0.05, 0) is 12.8 Å². The van der Waals surface area contributed by atoms with Crippen molar-refractivity contribution in [1.82, 2.24) is 0 Å². The van der Waals surface area contributed by atoms with Crippen molar-refractivity contribution in [2.24, 2.45) is 0 Å². The molecule has 12 heteroatoms. The molecule has 0 aromatic carbocycles. The van der Waals surface area contributed by atoms with Crippen molar-refractivity contribution in [2.75, 3.05) is 19.0 Å². The number of hydrogen-bond acceptors (Lipinski definition) is 10. The molecular formula is C17H28O11S. The lowest BCUT2D eigenvalue weighted by Crippen LogP contribution is -2.58. The van der Waals surface area contributed by atoms with Crippen LogP contribution in [0, 0.1) is 0 Å². The molecule has 0 bridgehead atoms. The van der Waals surface area contributed by atoms with Crippen LogP contribution in [0.2, 0.25) is 0 Å². The van der Waals surface area contributed by atoms with Crippen LogP contribution in [0.5, 0.6) is 0 Å². The molecule has 1 rings (SSSR count). The summed E-state index contributed by atoms with van der Waals surface area (Å²) in [5.41, 5.74) is 0. The topological polar surface area (TPSA) is 152 Å². The maximum absolute atomic E-state index is 11.7. The number of rotatable bonds is 11. The SMILES string of the molecule is [2H]CC(=O)O[C@H]1[C@H](OC(=O)C[2H])COC(OCCCCCCS(=O)(=O)O)[C@@H]1OC(=O)C[2H]. The highest BCUT2D eigenvalue weighted by Gasteiger charge is 2.47. The highest BCUT2D eigenvalue weighted by molar-refractivity contribution is 7.85. The molecule has 0 aromatic rings. The zero-order chi connectivity index (χ0) is 24.1. The average molecular weight is 443 g/mol. The Morgan fingerprint density at radius 3 is 2.17 bits per heavy atom. The van der Waals surface area contributed by atoms with Crippen molar-refractivity contribution < 1.29 is 55.2 Å². The van der Waals surface area contributed by atoms with Gasteiger partial charge in [-0.2, -0.15) is 8.42 Å². The largest absolute Gasteiger partial charge is 0.456 e. The van der Waals surface area contributed by atoms with E-state index in [9.17, 15) is 22.8 Å². The molecule has 1 saturated heterocycles. The normalized spacial score (nSPS) is 25.9. The number of unbranched alkanes of at least 4 members (excludes halogenated alkanes) is 3. The molecule has 0 spiro atoms. The molecule has 0 saturated carbocycles. The third kappa shape index (κ3) is 10.5. The summed E-state index contributed by atoms with van der Waals surface area (Å²) >= 11 is 0. The second kappa shape index (κ2) is 12.1. The van der Waals surface area contributed by atoms with E-state index in [-0.39, 0.29) is 25.4 Å². The maximum atomic E-state index is 11.7. The van der Waals surface area contributed by atoms with Crippen molar-refractivity contribution >= 4 is 28.0 Å². The van der Waals surface area contributed by atoms with Crippen LogP contribution in [0.25, 0.3) is 0 Å². The van der Waals surface area contributed by atoms with E-state index in [1.54, 1.807) is 0 Å². The van der Waals surface area contributed by atoms with E-state index in [0.29, 0.717) is 19.3 Å². The fraction of sp³-hybridized carbons (Fsp3) is 0.824. The zero-order valence-corrected chi connectivity index (χ0v) is 16.6. The Kier molecular flexibility index (Phi) is 8.53. The van der Waals surface area contributed by atoms with Crippen LogP contribution in [-0.2, 0) is 48.2 Å². The molecule has 1 aliphatic heterocycles. The molecule has 0 amide bonds. The third-order valence-electron chi connectivity index (χ3n) is 3.78. The van der Waals surface area contributed by atoms with Crippen LogP contribution in [0.15, 0.2) is 0 Å². The van der Waals surface area contributed by atoms with Crippen LogP contribution >= 0.6 is 0 Å². The van der Waals surface area contributed by atoms with E-state index in [4.69, 9.17) is 32.3 Å². The van der Waals surface area contributed by atoms with E-state index >= 15 is 0 Å². The van der Waals surface area contributed by atoms with E-state index in [1.807, 2.05) is 0 Å². The Balaban J connectivity index is 2.77. The maximum Gasteiger partial charge on any atom is 0.303 e. The molecule has 1 heterocycles. The van der Waals surface area contributed by atoms with Crippen molar-refractivity contribution in [3.63, 3.8) is 0 Å². The van der Waals surface area contributed by atoms with E-state index < -0.39 is 73.3 Å². The van der Waals surface area contributed by atoms with Gasteiger partial charge in [-0.1, -0.05) is 12.8 Å². The van der Waals surface area contributed by atoms with Crippen molar-refractivity contribution in [2.45, 2.75) is 71.0 Å². The molecule has 0 radical (unpaired) electrons. The summed E-state index contributed by atoms with van der Waals surface area (Å²) in [5, 5.41) is 0. The summed E-state index contributed by atoms with van der Waals surface area (Å²) < 4.78 is 77.7. The average Bonchev–Trinajstić information content (AvgIpc) is 2.74. The molecule has 4 atom stereocenters. The summed E-state index contributed by atoms with van der Waals surface area (Å²) in [6, 6.07) is 0. The minimum absolute atomic E-state index is 0.0990. The number of carbonyl (C=O) groups excluding carboxylic acids is 3. The smallest absolute Gasteiger partial charge is 0.303 e. The van der Waals surface area contributed by atoms with Crippen LogP contribution in [0.1, 0.15) is 50.5 Å². The predicted molar refractivity (Wildman–Crippen MR) is 97.2 cm³/mol. The van der Waals surface area contributed by atoms with Gasteiger partial charge >= 0.3 is 17.9 Å². The summed E-state index contributed by atoms with van der Waals surface area (Å²) in [6.07, 6.45) is -3.37. The monoisotopic (exact) mass is 443 g/mol. The second-order valence-electron chi connectivity index (χ2n) is 6.21. The van der Waals surface area contributed by atoms with Gasteiger partial charge in [0.05, 0.1) is 12.4 Å². The highest BCUT2D eigenvalue weighted by Crippen LogP contribution is 2.25. The van der Waals surface area contributed by atoms with Crippen LogP contribution in [0.3, 0.4) is 0 Å². The molecule has 0 aromatic heterocycles. The third-order valence-corrected chi connectivity index (χ3v) is 4.58. The van der Waals surface area contributed by atoms with E-state index in [0.717, 1.165) is 0 Å². The highest BCUT2D eigenvalue weighted by atomic mass is 32.2.